The van der Waals surface area contributed by atoms with E-state index in [0.717, 1.165) is 279 Å². The Labute approximate surface area is 672 Å². The highest BCUT2D eigenvalue weighted by Gasteiger charge is 2.75. The Morgan fingerprint density at radius 3 is 0.571 bits per heavy atom. The maximum absolute atomic E-state index is 13.0. The van der Waals surface area contributed by atoms with E-state index in [9.17, 15) is 42.1 Å². The molecule has 14 rings (SSSR count). The molecule has 4 atom stereocenters. The molecule has 0 N–H and O–H groups in total. The number of rotatable bonds is 33. The molecular weight excluding hydrogens is 1360 g/mol. The molecule has 8 aromatic rings. The molecule has 6 aliphatic rings. The van der Waals surface area contributed by atoms with Crippen LogP contribution in [0.4, 0.5) is 0 Å². The zero-order valence-corrected chi connectivity index (χ0v) is 71.0. The number of fused-ring (bicyclic) bond motifs is 6. The third-order valence-corrected chi connectivity index (χ3v) is 27.2. The first-order valence-electron chi connectivity index (χ1n) is 44.4. The largest absolute Gasteiger partial charge is 0.196 e. The topological polar surface area (TPSA) is 190 Å². The Hall–Kier alpha value is -9.28. The summed E-state index contributed by atoms with van der Waals surface area (Å²) in [5, 5.41) is 112. The van der Waals surface area contributed by atoms with Gasteiger partial charge in [0, 0.05) is 23.7 Å². The molecule has 8 aromatic carbocycles. The van der Waals surface area contributed by atoms with E-state index in [2.05, 4.69) is 196 Å². The molecule has 4 bridgehead atoms. The van der Waals surface area contributed by atoms with Crippen LogP contribution in [0.2, 0.25) is 0 Å². The van der Waals surface area contributed by atoms with Gasteiger partial charge in [-0.25, -0.2) is 0 Å². The summed E-state index contributed by atoms with van der Waals surface area (Å²) in [6, 6.07) is 36.2. The van der Waals surface area contributed by atoms with Crippen molar-refractivity contribution in [3.05, 3.63) is 170 Å². The van der Waals surface area contributed by atoms with Crippen LogP contribution in [0.3, 0.4) is 0 Å². The summed E-state index contributed by atoms with van der Waals surface area (Å²) < 4.78 is 0. The second kappa shape index (κ2) is 33.8. The summed E-state index contributed by atoms with van der Waals surface area (Å²) in [5.41, 5.74) is 20.3. The molecule has 8 nitrogen and oxygen atoms in total. The Kier molecular flexibility index (Phi) is 24.8. The highest BCUT2D eigenvalue weighted by atomic mass is 14.7. The molecule has 6 aliphatic carbocycles. The normalized spacial score (nSPS) is 17.4. The van der Waals surface area contributed by atoms with Gasteiger partial charge in [-0.3, -0.25) is 0 Å². The maximum Gasteiger partial charge on any atom is 0.187 e. The number of hydrogen-bond acceptors (Lipinski definition) is 8. The van der Waals surface area contributed by atoms with Gasteiger partial charge in [0.05, 0.1) is 48.6 Å². The molecule has 578 valence electrons. The van der Waals surface area contributed by atoms with Gasteiger partial charge in [-0.2, -0.15) is 42.1 Å². The lowest BCUT2D eigenvalue weighted by atomic mass is 9.39. The van der Waals surface area contributed by atoms with Gasteiger partial charge in [0.25, 0.3) is 0 Å². The first-order valence-corrected chi connectivity index (χ1v) is 44.4. The fraction of sp³-hybridized carbons (Fsp3) is 0.538. The SMILES string of the molecule is CCCc1c(CCC)c(CCC)c2c(c1CCC)[C@H]1c3c(cc4cc5c(CCC)c(CCC)c(CCC)c(CCC)c5cc4c3-c3c4c(cc5cc6c(CCC)c(CCC)c(CCC)c(CCC)c6cc35)[C@H]3c5c(CCC)c(CCC)c(CCC)c(CCC)c5[C@@H]4C(C#N)(C#N)C3(C#N)C#N)[C@@H]2C(C#N)(C#N)C1(C#N)C#N. The van der Waals surface area contributed by atoms with Crippen molar-refractivity contribution in [3.63, 3.8) is 0 Å². The quantitative estimate of drug-likeness (QED) is 0.0363. The van der Waals surface area contributed by atoms with Crippen LogP contribution in [-0.4, -0.2) is 0 Å². The van der Waals surface area contributed by atoms with Crippen molar-refractivity contribution in [2.24, 2.45) is 21.7 Å². The standard InChI is InChI=1S/C104H122N8/c1-17-33-65-67(35-19-3)75(43-27-11)85-53-81-63(49-83(85)73(65)41-25-9)51-87-95(99-93-79(47-31-15)71(39-23-7)69(37-21-5)77(45-29-13)91(93)97(87)101(55-105,56-106)103(99,59-109)60-110)89(81)90-82-54-86-76(44-28-12)68(36-20-4)66(34-18-2)74(42-26-10)84(86)50-64(82)52-88-96(90)100-94-80(48-32-16)72(40-24-8)70(38-22-6)78(46-30-14)92(94)98(88)102(57-107,58-108)104(100,61-111)62-112/h49-54,97-100H,17-48H2,1-16H3/t97-,98-,99-,100-/m0/s1. The Balaban J connectivity index is 1.54. The number of nitrogens with zero attached hydrogens (tertiary/aromatic N) is 8. The van der Waals surface area contributed by atoms with Crippen molar-refractivity contribution in [2.75, 3.05) is 0 Å². The number of hydrogen-bond donors (Lipinski definition) is 0. The fourth-order valence-electron chi connectivity index (χ4n) is 23.6. The Morgan fingerprint density at radius 2 is 0.366 bits per heavy atom. The minimum absolute atomic E-state index is 0.654. The smallest absolute Gasteiger partial charge is 0.187 e. The second-order valence-electron chi connectivity index (χ2n) is 33.9. The van der Waals surface area contributed by atoms with Gasteiger partial charge >= 0.3 is 0 Å². The van der Waals surface area contributed by atoms with E-state index in [1.807, 2.05) is 0 Å². The number of nitriles is 8. The monoisotopic (exact) mass is 1480 g/mol. The molecule has 0 saturated heterocycles. The van der Waals surface area contributed by atoms with Crippen molar-refractivity contribution in [1.29, 1.82) is 42.1 Å². The minimum Gasteiger partial charge on any atom is -0.196 e. The fourth-order valence-corrected chi connectivity index (χ4v) is 23.6. The predicted octanol–water partition coefficient (Wildman–Crippen LogP) is 26.5. The first kappa shape index (κ1) is 82.2. The molecule has 0 spiro atoms. The third kappa shape index (κ3) is 11.7. The average molecular weight is 1480 g/mol. The van der Waals surface area contributed by atoms with Crippen molar-refractivity contribution >= 4 is 43.1 Å². The van der Waals surface area contributed by atoms with E-state index in [4.69, 9.17) is 0 Å². The van der Waals surface area contributed by atoms with Crippen LogP contribution in [0.15, 0.2) is 36.4 Å². The van der Waals surface area contributed by atoms with Crippen molar-refractivity contribution in [2.45, 2.75) is 340 Å². The summed E-state index contributed by atoms with van der Waals surface area (Å²) >= 11 is 0. The zero-order valence-electron chi connectivity index (χ0n) is 71.0. The summed E-state index contributed by atoms with van der Waals surface area (Å²) in [5.74, 6) is -4.50. The molecule has 8 heteroatoms. The van der Waals surface area contributed by atoms with Crippen LogP contribution < -0.4 is 0 Å². The van der Waals surface area contributed by atoms with Crippen LogP contribution in [0.5, 0.6) is 0 Å². The molecule has 0 aliphatic heterocycles. The van der Waals surface area contributed by atoms with E-state index in [1.54, 1.807) is 0 Å². The summed E-state index contributed by atoms with van der Waals surface area (Å²) in [4.78, 5) is 0. The molecule has 112 heavy (non-hydrogen) atoms. The third-order valence-electron chi connectivity index (χ3n) is 27.2. The lowest BCUT2D eigenvalue weighted by Gasteiger charge is -2.57. The predicted molar refractivity (Wildman–Crippen MR) is 461 cm³/mol. The second-order valence-corrected chi connectivity index (χ2v) is 33.9. The molecular formula is C104H122N8. The Morgan fingerprint density at radius 1 is 0.196 bits per heavy atom. The average Bonchev–Trinajstić information content (AvgIpc) is 0.650. The number of benzene rings is 8. The van der Waals surface area contributed by atoms with E-state index < -0.39 is 45.3 Å². The van der Waals surface area contributed by atoms with Gasteiger partial charge < -0.3 is 0 Å². The lowest BCUT2D eigenvalue weighted by molar-refractivity contribution is 0.192. The Bertz CT molecular complexity index is 5040. The molecule has 0 unspecified atom stereocenters. The van der Waals surface area contributed by atoms with Crippen molar-refractivity contribution in [3.8, 4) is 59.7 Å². The summed E-state index contributed by atoms with van der Waals surface area (Å²) in [6.07, 6.45) is 27.2. The van der Waals surface area contributed by atoms with E-state index in [0.29, 0.717) is 25.7 Å². The minimum atomic E-state index is -2.29. The van der Waals surface area contributed by atoms with E-state index in [1.165, 1.54) is 88.3 Å². The van der Waals surface area contributed by atoms with Crippen molar-refractivity contribution in [1.82, 2.24) is 0 Å². The van der Waals surface area contributed by atoms with Crippen LogP contribution in [0.1, 0.15) is 371 Å². The van der Waals surface area contributed by atoms with Gasteiger partial charge in [0.1, 0.15) is 0 Å². The van der Waals surface area contributed by atoms with Crippen molar-refractivity contribution < 1.29 is 0 Å². The summed E-state index contributed by atoms with van der Waals surface area (Å²) in [6.45, 7) is 36.2. The number of aryl methyl sites for hydroxylation is 4. The van der Waals surface area contributed by atoms with Gasteiger partial charge in [-0.05, 0) is 315 Å². The first-order chi connectivity index (χ1) is 54.6. The van der Waals surface area contributed by atoms with Gasteiger partial charge in [-0.15, -0.1) is 0 Å². The zero-order chi connectivity index (χ0) is 80.5. The molecule has 0 amide bonds. The molecule has 0 heterocycles. The molecule has 0 saturated carbocycles. The van der Waals surface area contributed by atoms with Crippen LogP contribution >= 0.6 is 0 Å². The summed E-state index contributed by atoms with van der Waals surface area (Å²) in [7, 11) is 0. The van der Waals surface area contributed by atoms with Gasteiger partial charge in [0.15, 0.2) is 21.7 Å². The van der Waals surface area contributed by atoms with E-state index in [-0.39, 0.29) is 0 Å². The molecule has 0 radical (unpaired) electrons. The van der Waals surface area contributed by atoms with Gasteiger partial charge in [-0.1, -0.05) is 226 Å². The van der Waals surface area contributed by atoms with E-state index >= 15 is 0 Å². The highest BCUT2D eigenvalue weighted by molar-refractivity contribution is 6.17. The van der Waals surface area contributed by atoms with Crippen LogP contribution in [0.25, 0.3) is 54.2 Å². The lowest BCUT2D eigenvalue weighted by Crippen LogP contribution is -2.56. The highest BCUT2D eigenvalue weighted by Crippen LogP contribution is 2.76. The molecule has 0 aromatic heterocycles. The van der Waals surface area contributed by atoms with Crippen LogP contribution in [-0.2, 0) is 103 Å². The maximum atomic E-state index is 13.0. The van der Waals surface area contributed by atoms with Gasteiger partial charge in [0.2, 0.25) is 0 Å². The molecule has 0 fully saturated rings. The van der Waals surface area contributed by atoms with Crippen LogP contribution in [0, 0.1) is 112 Å².